The Labute approximate surface area is 170 Å². The molecule has 0 unspecified atom stereocenters. The van der Waals surface area contributed by atoms with Gasteiger partial charge in [-0.1, -0.05) is 36.4 Å². The molecule has 0 atom stereocenters. The van der Waals surface area contributed by atoms with Crippen LogP contribution in [0.4, 0.5) is 5.69 Å². The number of carbonyl (C=O) groups is 1. The van der Waals surface area contributed by atoms with Crippen molar-refractivity contribution in [2.24, 2.45) is 4.99 Å². The van der Waals surface area contributed by atoms with Crippen LogP contribution in [0.5, 0.6) is 0 Å². The summed E-state index contributed by atoms with van der Waals surface area (Å²) < 4.78 is 0. The topological polar surface area (TPSA) is 92.0 Å². The van der Waals surface area contributed by atoms with Crippen molar-refractivity contribution in [2.45, 2.75) is 13.0 Å². The zero-order valence-corrected chi connectivity index (χ0v) is 16.3. The third-order valence-corrected chi connectivity index (χ3v) is 4.83. The number of nitrogens with one attached hydrogen (secondary N) is 1. The van der Waals surface area contributed by atoms with E-state index in [1.54, 1.807) is 18.2 Å². The maximum absolute atomic E-state index is 11.3. The molecule has 1 heterocycles. The molecule has 1 aliphatic heterocycles. The van der Waals surface area contributed by atoms with Gasteiger partial charge in [-0.25, -0.2) is 9.79 Å². The lowest BCUT2D eigenvalue weighted by Gasteiger charge is -2.36. The Hall–Kier alpha value is -3.37. The molecule has 2 aromatic carbocycles. The van der Waals surface area contributed by atoms with Gasteiger partial charge in [0.25, 0.3) is 0 Å². The Morgan fingerprint density at radius 1 is 1.10 bits per heavy atom. The minimum atomic E-state index is -0.956. The van der Waals surface area contributed by atoms with Gasteiger partial charge in [0.15, 0.2) is 5.96 Å². The first-order chi connectivity index (χ1) is 14.2. The molecular formula is C22H25N5O2. The van der Waals surface area contributed by atoms with Crippen LogP contribution in [-0.4, -0.2) is 59.6 Å². The highest BCUT2D eigenvalue weighted by atomic mass is 16.4. The number of hydrogen-bond donors (Lipinski definition) is 2. The lowest BCUT2D eigenvalue weighted by molar-refractivity contribution is 0.0697. The quantitative estimate of drug-likeness (QED) is 0.581. The van der Waals surface area contributed by atoms with Gasteiger partial charge in [0.2, 0.25) is 0 Å². The molecule has 0 aliphatic carbocycles. The number of anilines is 1. The third-order valence-electron chi connectivity index (χ3n) is 4.83. The molecule has 2 aromatic rings. The predicted octanol–water partition coefficient (Wildman–Crippen LogP) is 2.88. The number of hydrogen-bond acceptors (Lipinski definition) is 4. The molecule has 0 spiro atoms. The minimum absolute atomic E-state index is 0.235. The molecule has 2 N–H and O–H groups in total. The van der Waals surface area contributed by atoms with Crippen molar-refractivity contribution in [2.75, 3.05) is 38.0 Å². The Morgan fingerprint density at radius 3 is 2.55 bits per heavy atom. The summed E-state index contributed by atoms with van der Waals surface area (Å²) in [4.78, 5) is 20.5. The molecule has 0 amide bonds. The second-order valence-electron chi connectivity index (χ2n) is 6.87. The summed E-state index contributed by atoms with van der Waals surface area (Å²) in [5.41, 5.74) is 2.04. The maximum atomic E-state index is 11.3. The van der Waals surface area contributed by atoms with Gasteiger partial charge < -0.3 is 15.3 Å². The summed E-state index contributed by atoms with van der Waals surface area (Å²) in [6.45, 7) is 4.65. The molecule has 1 fully saturated rings. The zero-order chi connectivity index (χ0) is 20.5. The van der Waals surface area contributed by atoms with Crippen LogP contribution in [0, 0.1) is 11.3 Å². The van der Waals surface area contributed by atoms with Crippen LogP contribution < -0.4 is 5.32 Å². The summed E-state index contributed by atoms with van der Waals surface area (Å²) >= 11 is 0. The molecule has 7 heteroatoms. The number of rotatable bonds is 6. The molecule has 3 rings (SSSR count). The molecule has 150 valence electrons. The van der Waals surface area contributed by atoms with Gasteiger partial charge in [0.05, 0.1) is 18.2 Å². The number of carboxylic acids is 1. The monoisotopic (exact) mass is 391 g/mol. The number of nitriles is 1. The number of aromatic carboxylic acids is 1. The highest BCUT2D eigenvalue weighted by Crippen LogP contribution is 2.14. The van der Waals surface area contributed by atoms with Crippen molar-refractivity contribution in [1.82, 2.24) is 9.80 Å². The summed E-state index contributed by atoms with van der Waals surface area (Å²) in [6.07, 6.45) is 0.537. The van der Waals surface area contributed by atoms with Crippen molar-refractivity contribution < 1.29 is 9.90 Å². The van der Waals surface area contributed by atoms with Gasteiger partial charge in [-0.15, -0.1) is 0 Å². The largest absolute Gasteiger partial charge is 0.478 e. The van der Waals surface area contributed by atoms with Crippen LogP contribution in [0.1, 0.15) is 22.3 Å². The first-order valence-electron chi connectivity index (χ1n) is 9.69. The van der Waals surface area contributed by atoms with E-state index in [1.807, 2.05) is 36.4 Å². The fourth-order valence-corrected chi connectivity index (χ4v) is 3.22. The van der Waals surface area contributed by atoms with Crippen molar-refractivity contribution in [3.05, 3.63) is 65.7 Å². The van der Waals surface area contributed by atoms with E-state index in [0.717, 1.165) is 44.2 Å². The van der Waals surface area contributed by atoms with E-state index in [4.69, 9.17) is 10.3 Å². The highest BCUT2D eigenvalue weighted by molar-refractivity contribution is 5.95. The molecule has 1 saturated heterocycles. The first kappa shape index (κ1) is 20.4. The molecule has 0 aromatic heterocycles. The number of piperazine rings is 1. The van der Waals surface area contributed by atoms with Crippen LogP contribution >= 0.6 is 0 Å². The maximum Gasteiger partial charge on any atom is 0.335 e. The SMILES string of the molecule is N#CCCN1CCN(C(=NCc2ccccc2)Nc2cccc(C(=O)O)c2)CC1. The van der Waals surface area contributed by atoms with Gasteiger partial charge in [0.1, 0.15) is 0 Å². The molecule has 1 aliphatic rings. The number of nitrogens with zero attached hydrogens (tertiary/aromatic N) is 4. The molecule has 0 saturated carbocycles. The second kappa shape index (κ2) is 10.2. The van der Waals surface area contributed by atoms with Crippen LogP contribution in [-0.2, 0) is 6.54 Å². The van der Waals surface area contributed by atoms with Crippen LogP contribution in [0.25, 0.3) is 0 Å². The average Bonchev–Trinajstić information content (AvgIpc) is 2.76. The van der Waals surface area contributed by atoms with Gasteiger partial charge in [-0.2, -0.15) is 5.26 Å². The molecule has 7 nitrogen and oxygen atoms in total. The summed E-state index contributed by atoms with van der Waals surface area (Å²) in [7, 11) is 0. The summed E-state index contributed by atoms with van der Waals surface area (Å²) in [5, 5.41) is 21.3. The van der Waals surface area contributed by atoms with Crippen molar-refractivity contribution in [3.8, 4) is 6.07 Å². The number of benzene rings is 2. The van der Waals surface area contributed by atoms with E-state index in [1.165, 1.54) is 0 Å². The molecule has 0 bridgehead atoms. The van der Waals surface area contributed by atoms with Gasteiger partial charge in [0, 0.05) is 44.8 Å². The number of guanidine groups is 1. The van der Waals surface area contributed by atoms with Gasteiger partial charge in [-0.05, 0) is 23.8 Å². The highest BCUT2D eigenvalue weighted by Gasteiger charge is 2.20. The standard InChI is InChI=1S/C22H25N5O2/c23-10-5-11-26-12-14-27(15-13-26)22(24-17-18-6-2-1-3-7-18)25-20-9-4-8-19(16-20)21(28)29/h1-4,6-9,16H,5,11-15,17H2,(H,24,25)(H,28,29). The van der Waals surface area contributed by atoms with Crippen molar-refractivity contribution in [1.29, 1.82) is 5.26 Å². The number of carboxylic acid groups (broad SMARTS) is 1. The Morgan fingerprint density at radius 2 is 1.86 bits per heavy atom. The minimum Gasteiger partial charge on any atom is -0.478 e. The lowest BCUT2D eigenvalue weighted by atomic mass is 10.2. The van der Waals surface area contributed by atoms with Gasteiger partial charge >= 0.3 is 5.97 Å². The Balaban J connectivity index is 1.74. The second-order valence-corrected chi connectivity index (χ2v) is 6.87. The van der Waals surface area contributed by atoms with Crippen molar-refractivity contribution in [3.63, 3.8) is 0 Å². The third kappa shape index (κ3) is 6.06. The molecule has 0 radical (unpaired) electrons. The fourth-order valence-electron chi connectivity index (χ4n) is 3.22. The predicted molar refractivity (Wildman–Crippen MR) is 113 cm³/mol. The Bertz CT molecular complexity index is 884. The zero-order valence-electron chi connectivity index (χ0n) is 16.3. The van der Waals surface area contributed by atoms with E-state index in [2.05, 4.69) is 21.2 Å². The Kier molecular flexibility index (Phi) is 7.20. The molecular weight excluding hydrogens is 366 g/mol. The van der Waals surface area contributed by atoms with E-state index in [-0.39, 0.29) is 5.56 Å². The van der Waals surface area contributed by atoms with Crippen molar-refractivity contribution >= 4 is 17.6 Å². The van der Waals surface area contributed by atoms with E-state index < -0.39 is 5.97 Å². The lowest BCUT2D eigenvalue weighted by Crippen LogP contribution is -2.50. The average molecular weight is 391 g/mol. The first-order valence-corrected chi connectivity index (χ1v) is 9.69. The van der Waals surface area contributed by atoms with E-state index in [9.17, 15) is 9.90 Å². The fraction of sp³-hybridized carbons (Fsp3) is 0.318. The summed E-state index contributed by atoms with van der Waals surface area (Å²) in [5.74, 6) is -0.223. The van der Waals surface area contributed by atoms with E-state index >= 15 is 0 Å². The van der Waals surface area contributed by atoms with Crippen LogP contribution in [0.2, 0.25) is 0 Å². The van der Waals surface area contributed by atoms with Gasteiger partial charge in [-0.3, -0.25) is 4.90 Å². The molecule has 29 heavy (non-hydrogen) atoms. The van der Waals surface area contributed by atoms with Crippen LogP contribution in [0.3, 0.4) is 0 Å². The summed E-state index contributed by atoms with van der Waals surface area (Å²) in [6, 6.07) is 19.0. The van der Waals surface area contributed by atoms with E-state index in [0.29, 0.717) is 18.7 Å². The van der Waals surface area contributed by atoms with Crippen LogP contribution in [0.15, 0.2) is 59.6 Å². The normalized spacial score (nSPS) is 15.0. The smallest absolute Gasteiger partial charge is 0.335 e. The number of aliphatic imine (C=N–C) groups is 1.